The van der Waals surface area contributed by atoms with Crippen molar-refractivity contribution >= 4 is 0 Å². The molecule has 1 saturated heterocycles. The van der Waals surface area contributed by atoms with Gasteiger partial charge in [0.05, 0.1) is 0 Å². The van der Waals surface area contributed by atoms with Crippen LogP contribution in [0.25, 0.3) is 0 Å². The molecule has 0 aliphatic carbocycles. The van der Waals surface area contributed by atoms with E-state index < -0.39 is 0 Å². The van der Waals surface area contributed by atoms with Gasteiger partial charge in [-0.15, -0.1) is 0 Å². The second-order valence-corrected chi connectivity index (χ2v) is 5.25. The topological polar surface area (TPSA) is 24.1 Å². The summed E-state index contributed by atoms with van der Waals surface area (Å²) in [5.41, 5.74) is 1.58. The number of benzene rings is 1. The van der Waals surface area contributed by atoms with E-state index in [1.807, 2.05) is 0 Å². The quantitative estimate of drug-likeness (QED) is 0.809. The van der Waals surface area contributed by atoms with Crippen molar-refractivity contribution in [2.24, 2.45) is 5.92 Å². The molecule has 16 heavy (non-hydrogen) atoms. The van der Waals surface area contributed by atoms with Crippen LogP contribution in [-0.2, 0) is 6.54 Å². The molecule has 2 N–H and O–H groups in total. The first-order chi connectivity index (χ1) is 7.68. The van der Waals surface area contributed by atoms with E-state index in [2.05, 4.69) is 54.8 Å². The summed E-state index contributed by atoms with van der Waals surface area (Å²) in [6.45, 7) is 7.90. The van der Waals surface area contributed by atoms with Crippen molar-refractivity contribution in [3.63, 3.8) is 0 Å². The summed E-state index contributed by atoms with van der Waals surface area (Å²) in [7, 11) is 0. The third-order valence-corrected chi connectivity index (χ3v) is 3.67. The van der Waals surface area contributed by atoms with E-state index in [4.69, 9.17) is 0 Å². The summed E-state index contributed by atoms with van der Waals surface area (Å²) in [6.07, 6.45) is 1.29. The Kier molecular flexibility index (Phi) is 3.62. The minimum Gasteiger partial charge on any atom is -0.316 e. The van der Waals surface area contributed by atoms with Gasteiger partial charge in [0.15, 0.2) is 0 Å². The van der Waals surface area contributed by atoms with Crippen LogP contribution in [0, 0.1) is 5.92 Å². The Balaban J connectivity index is 1.89. The molecule has 1 fully saturated rings. The second-order valence-electron chi connectivity index (χ2n) is 5.25. The van der Waals surface area contributed by atoms with Gasteiger partial charge in [-0.3, -0.25) is 0 Å². The van der Waals surface area contributed by atoms with Crippen LogP contribution in [0.3, 0.4) is 0 Å². The summed E-state index contributed by atoms with van der Waals surface area (Å²) in [6, 6.07) is 10.6. The lowest BCUT2D eigenvalue weighted by Crippen LogP contribution is -2.46. The maximum absolute atomic E-state index is 3.68. The van der Waals surface area contributed by atoms with Gasteiger partial charge in [0.1, 0.15) is 0 Å². The first-order valence-electron chi connectivity index (χ1n) is 6.18. The first kappa shape index (κ1) is 11.6. The molecule has 2 nitrogen and oxygen atoms in total. The van der Waals surface area contributed by atoms with Crippen molar-refractivity contribution in [2.75, 3.05) is 13.1 Å². The molecule has 1 aliphatic heterocycles. The lowest BCUT2D eigenvalue weighted by atomic mass is 9.86. The van der Waals surface area contributed by atoms with Crippen LogP contribution in [0.15, 0.2) is 30.3 Å². The molecule has 0 saturated carbocycles. The zero-order chi connectivity index (χ0) is 11.4. The van der Waals surface area contributed by atoms with Gasteiger partial charge in [-0.1, -0.05) is 30.3 Å². The fourth-order valence-corrected chi connectivity index (χ4v) is 2.34. The van der Waals surface area contributed by atoms with E-state index in [1.165, 1.54) is 18.5 Å². The zero-order valence-electron chi connectivity index (χ0n) is 10.3. The van der Waals surface area contributed by atoms with Crippen LogP contribution >= 0.6 is 0 Å². The Morgan fingerprint density at radius 2 is 2.06 bits per heavy atom. The molecule has 1 atom stereocenters. The van der Waals surface area contributed by atoms with Crippen molar-refractivity contribution in [3.05, 3.63) is 35.9 Å². The summed E-state index contributed by atoms with van der Waals surface area (Å²) in [5.74, 6) is 0.746. The van der Waals surface area contributed by atoms with Gasteiger partial charge >= 0.3 is 0 Å². The number of hydrogen-bond donors (Lipinski definition) is 2. The standard InChI is InChI=1S/C14H22N2/c1-14(2,13-8-9-15-11-13)16-10-12-6-4-3-5-7-12/h3-7,13,15-16H,8-11H2,1-2H3. The molecule has 2 rings (SSSR count). The molecule has 0 amide bonds. The lowest BCUT2D eigenvalue weighted by Gasteiger charge is -2.32. The van der Waals surface area contributed by atoms with Crippen molar-refractivity contribution in [2.45, 2.75) is 32.4 Å². The molecule has 0 spiro atoms. The second kappa shape index (κ2) is 4.98. The molecule has 1 aromatic rings. The Morgan fingerprint density at radius 1 is 1.31 bits per heavy atom. The average molecular weight is 218 g/mol. The highest BCUT2D eigenvalue weighted by Gasteiger charge is 2.30. The minimum atomic E-state index is 0.222. The van der Waals surface area contributed by atoms with E-state index in [9.17, 15) is 0 Å². The smallest absolute Gasteiger partial charge is 0.0210 e. The van der Waals surface area contributed by atoms with Crippen LogP contribution in [0.5, 0.6) is 0 Å². The van der Waals surface area contributed by atoms with Gasteiger partial charge in [0.2, 0.25) is 0 Å². The molecule has 0 aromatic heterocycles. The molecule has 1 aliphatic rings. The predicted octanol–water partition coefficient (Wildman–Crippen LogP) is 2.16. The van der Waals surface area contributed by atoms with Gasteiger partial charge < -0.3 is 10.6 Å². The van der Waals surface area contributed by atoms with E-state index in [1.54, 1.807) is 0 Å². The normalized spacial score (nSPS) is 21.2. The summed E-state index contributed by atoms with van der Waals surface area (Å²) < 4.78 is 0. The van der Waals surface area contributed by atoms with Crippen LogP contribution in [-0.4, -0.2) is 18.6 Å². The largest absolute Gasteiger partial charge is 0.316 e. The van der Waals surface area contributed by atoms with E-state index in [0.717, 1.165) is 19.0 Å². The molecule has 0 radical (unpaired) electrons. The van der Waals surface area contributed by atoms with Crippen LogP contribution in [0.4, 0.5) is 0 Å². The van der Waals surface area contributed by atoms with Gasteiger partial charge in [-0.25, -0.2) is 0 Å². The molecular formula is C14H22N2. The number of nitrogens with one attached hydrogen (secondary N) is 2. The Morgan fingerprint density at radius 3 is 2.69 bits per heavy atom. The van der Waals surface area contributed by atoms with Crippen LogP contribution in [0.2, 0.25) is 0 Å². The molecule has 1 aromatic carbocycles. The predicted molar refractivity (Wildman–Crippen MR) is 68.3 cm³/mol. The van der Waals surface area contributed by atoms with Gasteiger partial charge in [0, 0.05) is 12.1 Å². The number of hydrogen-bond acceptors (Lipinski definition) is 2. The average Bonchev–Trinajstić information content (AvgIpc) is 2.82. The van der Waals surface area contributed by atoms with E-state index in [-0.39, 0.29) is 5.54 Å². The molecule has 88 valence electrons. The Hall–Kier alpha value is -0.860. The van der Waals surface area contributed by atoms with Crippen LogP contribution < -0.4 is 10.6 Å². The molecule has 1 unspecified atom stereocenters. The summed E-state index contributed by atoms with van der Waals surface area (Å²) >= 11 is 0. The highest BCUT2D eigenvalue weighted by molar-refractivity contribution is 5.14. The molecule has 2 heteroatoms. The maximum atomic E-state index is 3.68. The minimum absolute atomic E-state index is 0.222. The van der Waals surface area contributed by atoms with E-state index >= 15 is 0 Å². The maximum Gasteiger partial charge on any atom is 0.0210 e. The molecule has 0 bridgehead atoms. The van der Waals surface area contributed by atoms with Crippen molar-refractivity contribution in [1.29, 1.82) is 0 Å². The highest BCUT2D eigenvalue weighted by atomic mass is 15.0. The third kappa shape index (κ3) is 2.83. The van der Waals surface area contributed by atoms with Crippen molar-refractivity contribution in [1.82, 2.24) is 10.6 Å². The fraction of sp³-hybridized carbons (Fsp3) is 0.571. The monoisotopic (exact) mass is 218 g/mol. The summed E-state index contributed by atoms with van der Waals surface area (Å²) in [4.78, 5) is 0. The summed E-state index contributed by atoms with van der Waals surface area (Å²) in [5, 5.41) is 7.11. The highest BCUT2D eigenvalue weighted by Crippen LogP contribution is 2.23. The Labute approximate surface area is 98.4 Å². The molecule has 1 heterocycles. The molecular weight excluding hydrogens is 196 g/mol. The fourth-order valence-electron chi connectivity index (χ4n) is 2.34. The lowest BCUT2D eigenvalue weighted by molar-refractivity contribution is 0.267. The first-order valence-corrected chi connectivity index (χ1v) is 6.18. The van der Waals surface area contributed by atoms with E-state index in [0.29, 0.717) is 0 Å². The van der Waals surface area contributed by atoms with Gasteiger partial charge in [-0.05, 0) is 44.8 Å². The number of rotatable bonds is 4. The SMILES string of the molecule is CC(C)(NCc1ccccc1)C1CCNC1. The van der Waals surface area contributed by atoms with Crippen molar-refractivity contribution < 1.29 is 0 Å². The van der Waals surface area contributed by atoms with Gasteiger partial charge in [0.25, 0.3) is 0 Å². The van der Waals surface area contributed by atoms with Crippen molar-refractivity contribution in [3.8, 4) is 0 Å². The third-order valence-electron chi connectivity index (χ3n) is 3.67. The van der Waals surface area contributed by atoms with Gasteiger partial charge in [-0.2, -0.15) is 0 Å². The van der Waals surface area contributed by atoms with Crippen LogP contribution in [0.1, 0.15) is 25.8 Å². The zero-order valence-corrected chi connectivity index (χ0v) is 10.3. The Bertz CT molecular complexity index is 313.